The highest BCUT2D eigenvalue weighted by Gasteiger charge is 2.44. The molecule has 2 atom stereocenters. The number of nitrogens with one attached hydrogen (secondary N) is 1. The maximum absolute atomic E-state index is 12.0. The Morgan fingerprint density at radius 1 is 1.64 bits per heavy atom. The van der Waals surface area contributed by atoms with Crippen molar-refractivity contribution in [1.82, 2.24) is 5.32 Å². The molecule has 0 amide bonds. The second kappa shape index (κ2) is 2.98. The number of hydrogen-bond donors (Lipinski definition) is 2. The SMILES string of the molecule is [2H][C@](O)([C@@H]1CCCN1)C(F)(F)F. The highest BCUT2D eigenvalue weighted by Crippen LogP contribution is 2.25. The summed E-state index contributed by atoms with van der Waals surface area (Å²) in [5.41, 5.74) is 0. The van der Waals surface area contributed by atoms with Crippen LogP contribution in [0.4, 0.5) is 13.2 Å². The van der Waals surface area contributed by atoms with E-state index in [2.05, 4.69) is 5.32 Å². The van der Waals surface area contributed by atoms with Gasteiger partial charge in [0.25, 0.3) is 0 Å². The van der Waals surface area contributed by atoms with E-state index in [1.165, 1.54) is 0 Å². The number of hydrogen-bond acceptors (Lipinski definition) is 2. The molecular weight excluding hydrogens is 159 g/mol. The third-order valence-corrected chi connectivity index (χ3v) is 1.68. The van der Waals surface area contributed by atoms with Crippen molar-refractivity contribution >= 4 is 0 Å². The summed E-state index contributed by atoms with van der Waals surface area (Å²) < 4.78 is 42.8. The van der Waals surface area contributed by atoms with E-state index >= 15 is 0 Å². The molecule has 2 N–H and O–H groups in total. The molecule has 0 aromatic carbocycles. The van der Waals surface area contributed by atoms with Gasteiger partial charge in [0, 0.05) is 6.04 Å². The van der Waals surface area contributed by atoms with Crippen LogP contribution >= 0.6 is 0 Å². The Morgan fingerprint density at radius 2 is 2.27 bits per heavy atom. The fraction of sp³-hybridized carbons (Fsp3) is 1.00. The van der Waals surface area contributed by atoms with Crippen molar-refractivity contribution in [3.63, 3.8) is 0 Å². The molecule has 11 heavy (non-hydrogen) atoms. The normalized spacial score (nSPS) is 33.1. The smallest absolute Gasteiger partial charge is 0.382 e. The molecule has 1 aliphatic rings. The summed E-state index contributed by atoms with van der Waals surface area (Å²) in [6.45, 7) is 0.432. The van der Waals surface area contributed by atoms with Crippen molar-refractivity contribution in [2.75, 3.05) is 6.54 Å². The molecule has 0 unspecified atom stereocenters. The molecule has 0 aromatic heterocycles. The standard InChI is InChI=1S/C6H10F3NO/c7-6(8,9)5(11)4-2-1-3-10-4/h4-5,10-11H,1-3H2/t4-,5-/m0/s1/i5D. The third-order valence-electron chi connectivity index (χ3n) is 1.68. The van der Waals surface area contributed by atoms with Crippen LogP contribution in [0.3, 0.4) is 0 Å². The second-order valence-electron chi connectivity index (χ2n) is 2.53. The van der Waals surface area contributed by atoms with Crippen LogP contribution in [0.5, 0.6) is 0 Å². The van der Waals surface area contributed by atoms with Crippen molar-refractivity contribution in [2.24, 2.45) is 0 Å². The van der Waals surface area contributed by atoms with E-state index < -0.39 is 18.3 Å². The Balaban J connectivity index is 2.69. The molecule has 66 valence electrons. The molecule has 1 rings (SSSR count). The average Bonchev–Trinajstić information content (AvgIpc) is 2.34. The van der Waals surface area contributed by atoms with Crippen LogP contribution in [0.1, 0.15) is 14.2 Å². The van der Waals surface area contributed by atoms with E-state index in [0.717, 1.165) is 0 Å². The Morgan fingerprint density at radius 3 is 2.64 bits per heavy atom. The summed E-state index contributed by atoms with van der Waals surface area (Å²) in [5, 5.41) is 11.3. The van der Waals surface area contributed by atoms with Gasteiger partial charge >= 0.3 is 6.18 Å². The van der Waals surface area contributed by atoms with E-state index in [1.807, 2.05) is 0 Å². The van der Waals surface area contributed by atoms with Gasteiger partial charge in [0.1, 0.15) is 0 Å². The number of alkyl halides is 3. The summed E-state index contributed by atoms with van der Waals surface area (Å²) >= 11 is 0. The number of aliphatic hydroxyl groups is 1. The molecule has 0 saturated carbocycles. The molecule has 0 radical (unpaired) electrons. The lowest BCUT2D eigenvalue weighted by molar-refractivity contribution is -0.210. The highest BCUT2D eigenvalue weighted by atomic mass is 19.4. The first-order chi connectivity index (χ1) is 5.36. The van der Waals surface area contributed by atoms with Crippen LogP contribution in [0.2, 0.25) is 0 Å². The lowest BCUT2D eigenvalue weighted by Crippen LogP contribution is -2.44. The molecule has 0 aromatic rings. The highest BCUT2D eigenvalue weighted by molar-refractivity contribution is 4.85. The van der Waals surface area contributed by atoms with Crippen LogP contribution < -0.4 is 5.32 Å². The zero-order valence-electron chi connectivity index (χ0n) is 6.78. The van der Waals surface area contributed by atoms with Gasteiger partial charge < -0.3 is 10.4 Å². The van der Waals surface area contributed by atoms with Crippen LogP contribution in [0.25, 0.3) is 0 Å². The fourth-order valence-electron chi connectivity index (χ4n) is 1.12. The average molecular weight is 170 g/mol. The Hall–Kier alpha value is -0.290. The van der Waals surface area contributed by atoms with Crippen molar-refractivity contribution in [1.29, 1.82) is 0 Å². The zero-order valence-corrected chi connectivity index (χ0v) is 5.78. The van der Waals surface area contributed by atoms with E-state index in [0.29, 0.717) is 13.0 Å². The minimum absolute atomic E-state index is 0.194. The van der Waals surface area contributed by atoms with E-state index in [9.17, 15) is 13.2 Å². The van der Waals surface area contributed by atoms with Crippen LogP contribution in [-0.4, -0.2) is 29.9 Å². The minimum atomic E-state index is -4.88. The van der Waals surface area contributed by atoms with Crippen LogP contribution in [0, 0.1) is 0 Å². The molecule has 0 spiro atoms. The number of rotatable bonds is 1. The molecule has 1 aliphatic heterocycles. The predicted molar refractivity (Wildman–Crippen MR) is 33.1 cm³/mol. The predicted octanol–water partition coefficient (Wildman–Crippen LogP) is 0.662. The van der Waals surface area contributed by atoms with Gasteiger partial charge in [0.15, 0.2) is 6.08 Å². The first-order valence-corrected chi connectivity index (χ1v) is 3.38. The number of halogens is 3. The van der Waals surface area contributed by atoms with Gasteiger partial charge in [-0.25, -0.2) is 0 Å². The molecule has 0 bridgehead atoms. The van der Waals surface area contributed by atoms with Gasteiger partial charge in [-0.3, -0.25) is 0 Å². The summed E-state index contributed by atoms with van der Waals surface area (Å²) in [6.07, 6.45) is -7.46. The van der Waals surface area contributed by atoms with Gasteiger partial charge in [-0.1, -0.05) is 0 Å². The maximum atomic E-state index is 12.0. The Labute approximate surface area is 63.8 Å². The first-order valence-electron chi connectivity index (χ1n) is 3.88. The first kappa shape index (κ1) is 7.36. The molecule has 1 heterocycles. The Bertz CT molecular complexity index is 165. The molecule has 1 saturated heterocycles. The monoisotopic (exact) mass is 170 g/mol. The molecule has 2 nitrogen and oxygen atoms in total. The van der Waals surface area contributed by atoms with Crippen molar-refractivity contribution in [2.45, 2.75) is 31.1 Å². The van der Waals surface area contributed by atoms with Crippen molar-refractivity contribution < 1.29 is 19.6 Å². The van der Waals surface area contributed by atoms with E-state index in [4.69, 9.17) is 6.48 Å². The third kappa shape index (κ3) is 2.07. The van der Waals surface area contributed by atoms with Crippen molar-refractivity contribution in [3.8, 4) is 0 Å². The molecule has 1 fully saturated rings. The van der Waals surface area contributed by atoms with E-state index in [-0.39, 0.29) is 6.42 Å². The second-order valence-corrected chi connectivity index (χ2v) is 2.53. The zero-order chi connectivity index (χ0) is 9.41. The van der Waals surface area contributed by atoms with Crippen LogP contribution in [-0.2, 0) is 0 Å². The van der Waals surface area contributed by atoms with Gasteiger partial charge in [0.05, 0.1) is 1.37 Å². The lowest BCUT2D eigenvalue weighted by atomic mass is 10.1. The Kier molecular flexibility index (Phi) is 2.00. The fourth-order valence-corrected chi connectivity index (χ4v) is 1.12. The van der Waals surface area contributed by atoms with Gasteiger partial charge in [-0.15, -0.1) is 0 Å². The van der Waals surface area contributed by atoms with Gasteiger partial charge in [-0.05, 0) is 19.4 Å². The maximum Gasteiger partial charge on any atom is 0.415 e. The van der Waals surface area contributed by atoms with Gasteiger partial charge in [0.2, 0.25) is 0 Å². The van der Waals surface area contributed by atoms with Crippen LogP contribution in [0.15, 0.2) is 0 Å². The largest absolute Gasteiger partial charge is 0.415 e. The molecular formula is C6H10F3NO. The summed E-state index contributed by atoms with van der Waals surface area (Å²) in [4.78, 5) is 0. The summed E-state index contributed by atoms with van der Waals surface area (Å²) in [7, 11) is 0. The summed E-state index contributed by atoms with van der Waals surface area (Å²) in [6, 6.07) is -1.18. The molecule has 0 aliphatic carbocycles. The quantitative estimate of drug-likeness (QED) is 0.606. The van der Waals surface area contributed by atoms with E-state index in [1.54, 1.807) is 0 Å². The minimum Gasteiger partial charge on any atom is -0.382 e. The van der Waals surface area contributed by atoms with Crippen molar-refractivity contribution in [3.05, 3.63) is 0 Å². The topological polar surface area (TPSA) is 32.3 Å². The molecule has 5 heteroatoms. The van der Waals surface area contributed by atoms with Gasteiger partial charge in [-0.2, -0.15) is 13.2 Å². The summed E-state index contributed by atoms with van der Waals surface area (Å²) in [5.74, 6) is 0. The lowest BCUT2D eigenvalue weighted by Gasteiger charge is -2.20.